The average Bonchev–Trinajstić information content (AvgIpc) is 2.25. The van der Waals surface area contributed by atoms with Gasteiger partial charge in [-0.1, -0.05) is 20.8 Å². The van der Waals surface area contributed by atoms with Crippen LogP contribution in [0.2, 0.25) is 0 Å². The van der Waals surface area contributed by atoms with Crippen LogP contribution in [0.5, 0.6) is 0 Å². The van der Waals surface area contributed by atoms with E-state index in [1.54, 1.807) is 0 Å². The topological polar surface area (TPSA) is 73.6 Å². The van der Waals surface area contributed by atoms with Gasteiger partial charge in [0.15, 0.2) is 6.29 Å². The maximum absolute atomic E-state index is 11.9. The summed E-state index contributed by atoms with van der Waals surface area (Å²) in [5.74, 6) is -0.203. The Morgan fingerprint density at radius 3 is 2.18 bits per heavy atom. The number of methoxy groups -OCH3 is 2. The molecule has 0 heterocycles. The summed E-state index contributed by atoms with van der Waals surface area (Å²) in [7, 11) is 3.08. The highest BCUT2D eigenvalue weighted by atomic mass is 16.7. The van der Waals surface area contributed by atoms with E-state index in [0.717, 1.165) is 6.42 Å². The van der Waals surface area contributed by atoms with Gasteiger partial charge in [0.2, 0.25) is 5.91 Å². The third-order valence-corrected chi connectivity index (χ3v) is 2.48. The van der Waals surface area contributed by atoms with Crippen molar-refractivity contribution in [2.24, 2.45) is 17.1 Å². The monoisotopic (exact) mass is 246 g/mol. The summed E-state index contributed by atoms with van der Waals surface area (Å²) < 4.78 is 9.99. The SMILES string of the molecule is COC(CNC(=O)C(CN)CC(C)(C)C)OC. The molecule has 5 heteroatoms. The van der Waals surface area contributed by atoms with Gasteiger partial charge in [0.25, 0.3) is 0 Å². The minimum Gasteiger partial charge on any atom is -0.354 e. The van der Waals surface area contributed by atoms with E-state index in [1.807, 2.05) is 0 Å². The zero-order valence-corrected chi connectivity index (χ0v) is 11.6. The minimum absolute atomic E-state index is 0.0403. The molecule has 0 saturated carbocycles. The number of amides is 1. The van der Waals surface area contributed by atoms with E-state index in [2.05, 4.69) is 26.1 Å². The molecule has 0 bridgehead atoms. The molecular weight excluding hydrogens is 220 g/mol. The second kappa shape index (κ2) is 7.63. The van der Waals surface area contributed by atoms with Crippen LogP contribution < -0.4 is 11.1 Å². The normalized spacial score (nSPS) is 13.8. The number of carbonyl (C=O) groups is 1. The van der Waals surface area contributed by atoms with Crippen LogP contribution in [0.4, 0.5) is 0 Å². The molecule has 0 aliphatic rings. The fraction of sp³-hybridized carbons (Fsp3) is 0.917. The standard InChI is InChI=1S/C12H26N2O3/c1-12(2,3)6-9(7-13)11(15)14-8-10(16-4)17-5/h9-10H,6-8,13H2,1-5H3,(H,14,15). The number of nitrogens with two attached hydrogens (primary N) is 1. The van der Waals surface area contributed by atoms with Crippen LogP contribution >= 0.6 is 0 Å². The van der Waals surface area contributed by atoms with Crippen LogP contribution in [0.25, 0.3) is 0 Å². The highest BCUT2D eigenvalue weighted by Crippen LogP contribution is 2.23. The molecule has 0 radical (unpaired) electrons. The van der Waals surface area contributed by atoms with Gasteiger partial charge >= 0.3 is 0 Å². The molecule has 0 aromatic heterocycles. The molecule has 0 aliphatic heterocycles. The van der Waals surface area contributed by atoms with E-state index < -0.39 is 6.29 Å². The molecule has 102 valence electrons. The van der Waals surface area contributed by atoms with Crippen LogP contribution in [-0.2, 0) is 14.3 Å². The molecule has 3 N–H and O–H groups in total. The van der Waals surface area contributed by atoms with Crippen molar-refractivity contribution in [1.29, 1.82) is 0 Å². The van der Waals surface area contributed by atoms with Crippen molar-refractivity contribution in [3.63, 3.8) is 0 Å². The Balaban J connectivity index is 4.17. The van der Waals surface area contributed by atoms with Crippen molar-refractivity contribution in [3.05, 3.63) is 0 Å². The Hall–Kier alpha value is -0.650. The van der Waals surface area contributed by atoms with Crippen molar-refractivity contribution in [1.82, 2.24) is 5.32 Å². The summed E-state index contributed by atoms with van der Waals surface area (Å²) in [6.07, 6.45) is 0.354. The quantitative estimate of drug-likeness (QED) is 0.650. The lowest BCUT2D eigenvalue weighted by molar-refractivity contribution is -0.131. The van der Waals surface area contributed by atoms with Crippen LogP contribution in [0, 0.1) is 11.3 Å². The summed E-state index contributed by atoms with van der Waals surface area (Å²) in [4.78, 5) is 11.9. The second-order valence-corrected chi connectivity index (χ2v) is 5.34. The molecule has 17 heavy (non-hydrogen) atoms. The fourth-order valence-electron chi connectivity index (χ4n) is 1.61. The molecule has 1 atom stereocenters. The van der Waals surface area contributed by atoms with Crippen molar-refractivity contribution in [3.8, 4) is 0 Å². The zero-order chi connectivity index (χ0) is 13.5. The predicted molar refractivity (Wildman–Crippen MR) is 67.4 cm³/mol. The van der Waals surface area contributed by atoms with Gasteiger partial charge in [-0.3, -0.25) is 4.79 Å². The lowest BCUT2D eigenvalue weighted by Gasteiger charge is -2.25. The molecule has 0 aromatic carbocycles. The van der Waals surface area contributed by atoms with Gasteiger partial charge in [0, 0.05) is 20.8 Å². The largest absolute Gasteiger partial charge is 0.354 e. The number of nitrogens with one attached hydrogen (secondary N) is 1. The van der Waals surface area contributed by atoms with E-state index in [1.165, 1.54) is 14.2 Å². The first-order valence-electron chi connectivity index (χ1n) is 5.87. The smallest absolute Gasteiger partial charge is 0.224 e. The summed E-state index contributed by atoms with van der Waals surface area (Å²) in [6, 6.07) is 0. The van der Waals surface area contributed by atoms with Gasteiger partial charge in [-0.05, 0) is 11.8 Å². The van der Waals surface area contributed by atoms with Crippen molar-refractivity contribution in [2.75, 3.05) is 27.3 Å². The van der Waals surface area contributed by atoms with Crippen LogP contribution in [0.3, 0.4) is 0 Å². The number of rotatable bonds is 7. The minimum atomic E-state index is -0.410. The summed E-state index contributed by atoms with van der Waals surface area (Å²) in [5, 5.41) is 2.79. The lowest BCUT2D eigenvalue weighted by Crippen LogP contribution is -2.41. The molecule has 0 aliphatic carbocycles. The molecule has 0 aromatic rings. The Morgan fingerprint density at radius 2 is 1.82 bits per heavy atom. The van der Waals surface area contributed by atoms with Gasteiger partial charge in [0.1, 0.15) is 0 Å². The second-order valence-electron chi connectivity index (χ2n) is 5.34. The Labute approximate surface area is 104 Å². The van der Waals surface area contributed by atoms with Gasteiger partial charge < -0.3 is 20.5 Å². The summed E-state index contributed by atoms with van der Waals surface area (Å²) in [6.45, 7) is 6.97. The molecule has 0 saturated heterocycles. The van der Waals surface area contributed by atoms with Gasteiger partial charge in [0.05, 0.1) is 12.5 Å². The molecular formula is C12H26N2O3. The fourth-order valence-corrected chi connectivity index (χ4v) is 1.61. The third-order valence-electron chi connectivity index (χ3n) is 2.48. The van der Waals surface area contributed by atoms with E-state index in [-0.39, 0.29) is 17.2 Å². The maximum atomic E-state index is 11.9. The number of hydrogen-bond donors (Lipinski definition) is 2. The van der Waals surface area contributed by atoms with Crippen LogP contribution in [-0.4, -0.2) is 39.5 Å². The zero-order valence-electron chi connectivity index (χ0n) is 11.6. The Kier molecular flexibility index (Phi) is 7.34. The highest BCUT2D eigenvalue weighted by Gasteiger charge is 2.24. The molecule has 0 spiro atoms. The van der Waals surface area contributed by atoms with Gasteiger partial charge in [-0.2, -0.15) is 0 Å². The first-order valence-corrected chi connectivity index (χ1v) is 5.87. The Bertz CT molecular complexity index is 222. The van der Waals surface area contributed by atoms with Crippen molar-refractivity contribution < 1.29 is 14.3 Å². The first kappa shape index (κ1) is 16.4. The lowest BCUT2D eigenvalue weighted by atomic mass is 9.84. The van der Waals surface area contributed by atoms with E-state index in [9.17, 15) is 4.79 Å². The molecule has 0 rings (SSSR count). The number of carbonyl (C=O) groups excluding carboxylic acids is 1. The molecule has 1 amide bonds. The number of hydrogen-bond acceptors (Lipinski definition) is 4. The first-order chi connectivity index (χ1) is 7.84. The van der Waals surface area contributed by atoms with E-state index in [4.69, 9.17) is 15.2 Å². The van der Waals surface area contributed by atoms with Crippen LogP contribution in [0.15, 0.2) is 0 Å². The average molecular weight is 246 g/mol. The van der Waals surface area contributed by atoms with Gasteiger partial charge in [-0.25, -0.2) is 0 Å². The summed E-state index contributed by atoms with van der Waals surface area (Å²) in [5.41, 5.74) is 5.72. The summed E-state index contributed by atoms with van der Waals surface area (Å²) >= 11 is 0. The van der Waals surface area contributed by atoms with Crippen molar-refractivity contribution in [2.45, 2.75) is 33.5 Å². The van der Waals surface area contributed by atoms with Crippen molar-refractivity contribution >= 4 is 5.91 Å². The van der Waals surface area contributed by atoms with Gasteiger partial charge in [-0.15, -0.1) is 0 Å². The Morgan fingerprint density at radius 1 is 1.29 bits per heavy atom. The number of ether oxygens (including phenoxy) is 2. The molecule has 5 nitrogen and oxygen atoms in total. The predicted octanol–water partition coefficient (Wildman–Crippen LogP) is 0.733. The van der Waals surface area contributed by atoms with Crippen LogP contribution in [0.1, 0.15) is 27.2 Å². The molecule has 1 unspecified atom stereocenters. The molecule has 0 fully saturated rings. The third kappa shape index (κ3) is 7.31. The van der Waals surface area contributed by atoms with E-state index >= 15 is 0 Å². The highest BCUT2D eigenvalue weighted by molar-refractivity contribution is 5.78. The maximum Gasteiger partial charge on any atom is 0.224 e. The van der Waals surface area contributed by atoms with E-state index in [0.29, 0.717) is 13.1 Å².